The fourth-order valence-corrected chi connectivity index (χ4v) is 2.64. The second-order valence-electron chi connectivity index (χ2n) is 5.64. The second kappa shape index (κ2) is 7.28. The maximum atomic E-state index is 12.4. The molecule has 1 heterocycles. The van der Waals surface area contributed by atoms with Gasteiger partial charge in [0.05, 0.1) is 0 Å². The number of urea groups is 1. The van der Waals surface area contributed by atoms with Crippen molar-refractivity contribution in [3.63, 3.8) is 0 Å². The molecule has 2 unspecified atom stereocenters. The predicted molar refractivity (Wildman–Crippen MR) is 77.9 cm³/mol. The summed E-state index contributed by atoms with van der Waals surface area (Å²) in [5, 5.41) is 14.5. The third-order valence-electron chi connectivity index (χ3n) is 3.92. The molecule has 1 aliphatic rings. The van der Waals surface area contributed by atoms with Crippen molar-refractivity contribution in [1.29, 1.82) is 0 Å². The van der Waals surface area contributed by atoms with Crippen LogP contribution in [0.5, 0.6) is 0 Å². The minimum absolute atomic E-state index is 0.211. The summed E-state index contributed by atoms with van der Waals surface area (Å²) in [5.74, 6) is -1.27. The first-order valence-electron chi connectivity index (χ1n) is 7.39. The van der Waals surface area contributed by atoms with Gasteiger partial charge in [0.25, 0.3) is 0 Å². The van der Waals surface area contributed by atoms with E-state index in [-0.39, 0.29) is 5.91 Å². The molecule has 3 N–H and O–H groups in total. The molecule has 1 fully saturated rings. The summed E-state index contributed by atoms with van der Waals surface area (Å²) >= 11 is 0. The van der Waals surface area contributed by atoms with E-state index < -0.39 is 23.6 Å². The smallest absolute Gasteiger partial charge is 0.329 e. The number of rotatable bonds is 5. The summed E-state index contributed by atoms with van der Waals surface area (Å²) in [4.78, 5) is 37.1. The SMILES string of the molecule is CCCC(C)(NC(=O)N1CCCCC1C(=O)NC)C(=O)O. The Morgan fingerprint density at radius 2 is 2.00 bits per heavy atom. The number of hydrogen-bond donors (Lipinski definition) is 3. The van der Waals surface area contributed by atoms with E-state index in [2.05, 4.69) is 10.6 Å². The van der Waals surface area contributed by atoms with Gasteiger partial charge in [0, 0.05) is 13.6 Å². The number of likely N-dealkylation sites (tertiary alicyclic amines) is 1. The number of nitrogens with zero attached hydrogens (tertiary/aromatic N) is 1. The van der Waals surface area contributed by atoms with Crippen molar-refractivity contribution in [3.8, 4) is 0 Å². The van der Waals surface area contributed by atoms with Gasteiger partial charge in [0.2, 0.25) is 5.91 Å². The fourth-order valence-electron chi connectivity index (χ4n) is 2.64. The van der Waals surface area contributed by atoms with Crippen LogP contribution in [0.2, 0.25) is 0 Å². The first-order valence-corrected chi connectivity index (χ1v) is 7.39. The third-order valence-corrected chi connectivity index (χ3v) is 3.92. The van der Waals surface area contributed by atoms with E-state index in [1.165, 1.54) is 18.9 Å². The van der Waals surface area contributed by atoms with Gasteiger partial charge in [-0.25, -0.2) is 9.59 Å². The van der Waals surface area contributed by atoms with Gasteiger partial charge in [-0.2, -0.15) is 0 Å². The highest BCUT2D eigenvalue weighted by atomic mass is 16.4. The Morgan fingerprint density at radius 1 is 1.33 bits per heavy atom. The molecule has 0 saturated carbocycles. The summed E-state index contributed by atoms with van der Waals surface area (Å²) in [6, 6.07) is -1.01. The zero-order valence-corrected chi connectivity index (χ0v) is 12.9. The molecule has 7 nitrogen and oxygen atoms in total. The molecule has 1 aliphatic heterocycles. The average molecular weight is 299 g/mol. The van der Waals surface area contributed by atoms with Crippen LogP contribution in [-0.2, 0) is 9.59 Å². The monoisotopic (exact) mass is 299 g/mol. The fraction of sp³-hybridized carbons (Fsp3) is 0.786. The Kier molecular flexibility index (Phi) is 5.99. The quantitative estimate of drug-likeness (QED) is 0.703. The number of piperidine rings is 1. The number of carboxylic acids is 1. The minimum Gasteiger partial charge on any atom is -0.480 e. The van der Waals surface area contributed by atoms with Crippen molar-refractivity contribution in [2.45, 2.75) is 57.5 Å². The van der Waals surface area contributed by atoms with Crippen molar-refractivity contribution in [2.75, 3.05) is 13.6 Å². The molecule has 21 heavy (non-hydrogen) atoms. The highest BCUT2D eigenvalue weighted by Crippen LogP contribution is 2.19. The first-order chi connectivity index (χ1) is 9.85. The van der Waals surface area contributed by atoms with Crippen LogP contribution in [0.4, 0.5) is 4.79 Å². The van der Waals surface area contributed by atoms with Crippen molar-refractivity contribution < 1.29 is 19.5 Å². The Labute approximate surface area is 125 Å². The van der Waals surface area contributed by atoms with Crippen LogP contribution >= 0.6 is 0 Å². The molecule has 3 amide bonds. The standard InChI is InChI=1S/C14H25N3O4/c1-4-8-14(2,12(19)20)16-13(21)17-9-6-5-7-10(17)11(18)15-3/h10H,4-9H2,1-3H3,(H,15,18)(H,16,21)(H,19,20). The summed E-state index contributed by atoms with van der Waals surface area (Å²) in [6.07, 6.45) is 3.28. The van der Waals surface area contributed by atoms with E-state index in [0.717, 1.165) is 12.8 Å². The van der Waals surface area contributed by atoms with Crippen LogP contribution in [0.15, 0.2) is 0 Å². The van der Waals surface area contributed by atoms with Crippen molar-refractivity contribution >= 4 is 17.9 Å². The van der Waals surface area contributed by atoms with Gasteiger partial charge in [-0.05, 0) is 32.6 Å². The zero-order valence-electron chi connectivity index (χ0n) is 12.9. The summed E-state index contributed by atoms with van der Waals surface area (Å²) in [6.45, 7) is 3.82. The largest absolute Gasteiger partial charge is 0.480 e. The van der Waals surface area contributed by atoms with E-state index >= 15 is 0 Å². The van der Waals surface area contributed by atoms with Gasteiger partial charge in [0.15, 0.2) is 0 Å². The van der Waals surface area contributed by atoms with Gasteiger partial charge in [-0.15, -0.1) is 0 Å². The minimum atomic E-state index is -1.31. The summed E-state index contributed by atoms with van der Waals surface area (Å²) in [5.41, 5.74) is -1.31. The van der Waals surface area contributed by atoms with E-state index in [9.17, 15) is 19.5 Å². The van der Waals surface area contributed by atoms with Gasteiger partial charge < -0.3 is 20.6 Å². The lowest BCUT2D eigenvalue weighted by Gasteiger charge is -2.37. The number of amides is 3. The Bertz CT molecular complexity index is 413. The summed E-state index contributed by atoms with van der Waals surface area (Å²) < 4.78 is 0. The molecule has 0 aromatic rings. The molecule has 0 spiro atoms. The molecule has 0 aromatic carbocycles. The molecule has 120 valence electrons. The summed E-state index contributed by atoms with van der Waals surface area (Å²) in [7, 11) is 1.53. The van der Waals surface area contributed by atoms with E-state index in [1.807, 2.05) is 6.92 Å². The van der Waals surface area contributed by atoms with E-state index in [4.69, 9.17) is 0 Å². The number of nitrogens with one attached hydrogen (secondary N) is 2. The van der Waals surface area contributed by atoms with Crippen LogP contribution in [-0.4, -0.2) is 53.1 Å². The number of likely N-dealkylation sites (N-methyl/N-ethyl adjacent to an activating group) is 1. The van der Waals surface area contributed by atoms with E-state index in [0.29, 0.717) is 25.8 Å². The van der Waals surface area contributed by atoms with Crippen LogP contribution in [0.3, 0.4) is 0 Å². The maximum absolute atomic E-state index is 12.4. The number of carbonyl (C=O) groups is 3. The lowest BCUT2D eigenvalue weighted by atomic mass is 9.96. The highest BCUT2D eigenvalue weighted by Gasteiger charge is 2.38. The Hall–Kier alpha value is -1.79. The average Bonchev–Trinajstić information content (AvgIpc) is 2.46. The third kappa shape index (κ3) is 4.09. The molecule has 7 heteroatoms. The van der Waals surface area contributed by atoms with Crippen molar-refractivity contribution in [1.82, 2.24) is 15.5 Å². The predicted octanol–water partition coefficient (Wildman–Crippen LogP) is 0.940. The number of carbonyl (C=O) groups excluding carboxylic acids is 2. The van der Waals surface area contributed by atoms with Crippen LogP contribution in [0.25, 0.3) is 0 Å². The van der Waals surface area contributed by atoms with Crippen molar-refractivity contribution in [3.05, 3.63) is 0 Å². The van der Waals surface area contributed by atoms with Crippen LogP contribution < -0.4 is 10.6 Å². The van der Waals surface area contributed by atoms with Gasteiger partial charge in [0.1, 0.15) is 11.6 Å². The number of aliphatic carboxylic acids is 1. The number of hydrogen-bond acceptors (Lipinski definition) is 3. The van der Waals surface area contributed by atoms with Crippen LogP contribution in [0.1, 0.15) is 46.0 Å². The van der Waals surface area contributed by atoms with Gasteiger partial charge in [-0.1, -0.05) is 13.3 Å². The molecule has 1 saturated heterocycles. The van der Waals surface area contributed by atoms with Crippen molar-refractivity contribution in [2.24, 2.45) is 0 Å². The first kappa shape index (κ1) is 17.3. The molecule has 0 aliphatic carbocycles. The molecular formula is C14H25N3O4. The van der Waals surface area contributed by atoms with Gasteiger partial charge in [-0.3, -0.25) is 4.79 Å². The highest BCUT2D eigenvalue weighted by molar-refractivity contribution is 5.90. The van der Waals surface area contributed by atoms with E-state index in [1.54, 1.807) is 0 Å². The molecule has 0 aromatic heterocycles. The lowest BCUT2D eigenvalue weighted by molar-refractivity contribution is -0.144. The number of carboxylic acid groups (broad SMARTS) is 1. The normalized spacial score (nSPS) is 21.3. The zero-order chi connectivity index (χ0) is 16.0. The van der Waals surface area contributed by atoms with Gasteiger partial charge >= 0.3 is 12.0 Å². The molecule has 1 rings (SSSR count). The maximum Gasteiger partial charge on any atom is 0.329 e. The Morgan fingerprint density at radius 3 is 2.52 bits per heavy atom. The topological polar surface area (TPSA) is 98.7 Å². The molecule has 0 radical (unpaired) electrons. The van der Waals surface area contributed by atoms with Crippen LogP contribution in [0, 0.1) is 0 Å². The lowest BCUT2D eigenvalue weighted by Crippen LogP contribution is -2.60. The second-order valence-corrected chi connectivity index (χ2v) is 5.64. The molecular weight excluding hydrogens is 274 g/mol. The molecule has 2 atom stereocenters. The molecule has 0 bridgehead atoms. The Balaban J connectivity index is 2.84.